The van der Waals surface area contributed by atoms with Crippen LogP contribution in [0.2, 0.25) is 5.02 Å². The highest BCUT2D eigenvalue weighted by molar-refractivity contribution is 6.33. The molecule has 0 spiro atoms. The largest absolute Gasteiger partial charge is 0.507 e. The van der Waals surface area contributed by atoms with Crippen LogP contribution in [0.4, 0.5) is 0 Å². The van der Waals surface area contributed by atoms with Gasteiger partial charge in [0.25, 0.3) is 5.91 Å². The van der Waals surface area contributed by atoms with E-state index in [2.05, 4.69) is 16.8 Å². The Labute approximate surface area is 135 Å². The molecule has 120 valence electrons. The van der Waals surface area contributed by atoms with Gasteiger partial charge in [-0.15, -0.1) is 0 Å². The van der Waals surface area contributed by atoms with Gasteiger partial charge in [-0.25, -0.2) is 4.99 Å². The number of phenols is 1. The number of phenolic OH excluding ortho intramolecular Hbond substituents is 1. The summed E-state index contributed by atoms with van der Waals surface area (Å²) in [6.07, 6.45) is 0.995. The number of benzene rings is 1. The maximum Gasteiger partial charge on any atom is 0.284 e. The molecule has 1 aliphatic rings. The molecule has 0 radical (unpaired) electrons. The van der Waals surface area contributed by atoms with Crippen molar-refractivity contribution in [2.24, 2.45) is 10.9 Å². The molecule has 0 unspecified atom stereocenters. The Kier molecular flexibility index (Phi) is 5.42. The standard InChI is InChI=1S/C16H21ClN2O3/c1-4-19-8-7-11(9-19)10(2)18-16(21)14-13(20)6-5-12(17)15(14)22-3/h5-6,11,20H,4,7-9H2,1-3H3/t11-/m1/s1. The van der Waals surface area contributed by atoms with Crippen LogP contribution in [-0.4, -0.2) is 48.4 Å². The van der Waals surface area contributed by atoms with Gasteiger partial charge in [-0.2, -0.15) is 0 Å². The molecule has 0 aromatic heterocycles. The molecular formula is C16H21ClN2O3. The van der Waals surface area contributed by atoms with E-state index in [1.54, 1.807) is 0 Å². The van der Waals surface area contributed by atoms with E-state index < -0.39 is 5.91 Å². The van der Waals surface area contributed by atoms with E-state index >= 15 is 0 Å². The fourth-order valence-electron chi connectivity index (χ4n) is 2.72. The van der Waals surface area contributed by atoms with Crippen LogP contribution in [0.3, 0.4) is 0 Å². The number of nitrogens with zero attached hydrogens (tertiary/aromatic N) is 2. The number of hydrogen-bond acceptors (Lipinski definition) is 4. The van der Waals surface area contributed by atoms with Crippen LogP contribution in [0.15, 0.2) is 17.1 Å². The molecule has 0 saturated carbocycles. The third kappa shape index (κ3) is 3.42. The molecule has 2 rings (SSSR count). The van der Waals surface area contributed by atoms with Crippen LogP contribution < -0.4 is 4.74 Å². The minimum absolute atomic E-state index is 0.0136. The van der Waals surface area contributed by atoms with Gasteiger partial charge in [0, 0.05) is 18.2 Å². The van der Waals surface area contributed by atoms with Crippen LogP contribution in [0.25, 0.3) is 0 Å². The number of halogens is 1. The number of aromatic hydroxyl groups is 1. The second-order valence-electron chi connectivity index (χ2n) is 5.41. The van der Waals surface area contributed by atoms with Gasteiger partial charge in [0.05, 0.1) is 12.1 Å². The van der Waals surface area contributed by atoms with Crippen molar-refractivity contribution in [2.75, 3.05) is 26.7 Å². The number of hydrogen-bond donors (Lipinski definition) is 1. The average Bonchev–Trinajstić information content (AvgIpc) is 2.98. The summed E-state index contributed by atoms with van der Waals surface area (Å²) in [6, 6.07) is 2.86. The first-order valence-electron chi connectivity index (χ1n) is 7.35. The van der Waals surface area contributed by atoms with Crippen LogP contribution in [0.1, 0.15) is 30.6 Å². The van der Waals surface area contributed by atoms with Crippen molar-refractivity contribution in [3.8, 4) is 11.5 Å². The molecule has 22 heavy (non-hydrogen) atoms. The highest BCUT2D eigenvalue weighted by Gasteiger charge is 2.25. The van der Waals surface area contributed by atoms with Gasteiger partial charge in [-0.1, -0.05) is 18.5 Å². The lowest BCUT2D eigenvalue weighted by molar-refractivity contribution is 0.0996. The number of rotatable bonds is 4. The average molecular weight is 325 g/mol. The Balaban J connectivity index is 2.26. The number of ether oxygens (including phenoxy) is 1. The van der Waals surface area contributed by atoms with E-state index in [1.165, 1.54) is 19.2 Å². The van der Waals surface area contributed by atoms with Gasteiger partial charge >= 0.3 is 0 Å². The maximum atomic E-state index is 12.4. The van der Waals surface area contributed by atoms with Gasteiger partial charge in [0.1, 0.15) is 11.3 Å². The topological polar surface area (TPSA) is 62.1 Å². The zero-order chi connectivity index (χ0) is 16.3. The number of amides is 1. The van der Waals surface area contributed by atoms with Crippen molar-refractivity contribution in [3.05, 3.63) is 22.7 Å². The molecule has 1 amide bonds. The van der Waals surface area contributed by atoms with Crippen molar-refractivity contribution < 1.29 is 14.6 Å². The van der Waals surface area contributed by atoms with E-state index in [1.807, 2.05) is 6.92 Å². The lowest BCUT2D eigenvalue weighted by Crippen LogP contribution is -2.22. The highest BCUT2D eigenvalue weighted by atomic mass is 35.5. The summed E-state index contributed by atoms with van der Waals surface area (Å²) in [6.45, 7) is 6.91. The highest BCUT2D eigenvalue weighted by Crippen LogP contribution is 2.35. The first-order valence-corrected chi connectivity index (χ1v) is 7.73. The third-order valence-electron chi connectivity index (χ3n) is 4.09. The summed E-state index contributed by atoms with van der Waals surface area (Å²) in [7, 11) is 1.41. The smallest absolute Gasteiger partial charge is 0.284 e. The van der Waals surface area contributed by atoms with Gasteiger partial charge in [-0.05, 0) is 38.6 Å². The molecule has 1 heterocycles. The van der Waals surface area contributed by atoms with E-state index in [9.17, 15) is 9.90 Å². The van der Waals surface area contributed by atoms with Crippen LogP contribution >= 0.6 is 11.6 Å². The van der Waals surface area contributed by atoms with Crippen molar-refractivity contribution in [2.45, 2.75) is 20.3 Å². The molecule has 6 heteroatoms. The molecule has 0 bridgehead atoms. The summed E-state index contributed by atoms with van der Waals surface area (Å²) in [5, 5.41) is 10.2. The molecule has 1 atom stereocenters. The normalized spacial score (nSPS) is 19.5. The lowest BCUT2D eigenvalue weighted by atomic mass is 10.0. The quantitative estimate of drug-likeness (QED) is 0.865. The molecule has 1 N–H and O–H groups in total. The molecule has 5 nitrogen and oxygen atoms in total. The van der Waals surface area contributed by atoms with Crippen molar-refractivity contribution in [1.82, 2.24) is 4.90 Å². The van der Waals surface area contributed by atoms with E-state index in [0.29, 0.717) is 0 Å². The van der Waals surface area contributed by atoms with Crippen LogP contribution in [-0.2, 0) is 0 Å². The Morgan fingerprint density at radius 2 is 2.27 bits per heavy atom. The van der Waals surface area contributed by atoms with Crippen LogP contribution in [0, 0.1) is 5.92 Å². The Hall–Kier alpha value is -1.59. The van der Waals surface area contributed by atoms with Crippen LogP contribution in [0.5, 0.6) is 11.5 Å². The van der Waals surface area contributed by atoms with E-state index in [4.69, 9.17) is 16.3 Å². The first-order chi connectivity index (χ1) is 10.5. The second kappa shape index (κ2) is 7.11. The molecule has 1 fully saturated rings. The minimum atomic E-state index is -0.524. The fraction of sp³-hybridized carbons (Fsp3) is 0.500. The Morgan fingerprint density at radius 1 is 1.55 bits per heavy atom. The van der Waals surface area contributed by atoms with Gasteiger partial charge in [0.15, 0.2) is 5.75 Å². The lowest BCUT2D eigenvalue weighted by Gasteiger charge is -2.13. The molecule has 0 aliphatic carbocycles. The number of methoxy groups -OCH3 is 1. The maximum absolute atomic E-state index is 12.4. The van der Waals surface area contributed by atoms with Crippen molar-refractivity contribution in [3.63, 3.8) is 0 Å². The molecule has 1 aromatic rings. The minimum Gasteiger partial charge on any atom is -0.507 e. The number of likely N-dealkylation sites (tertiary alicyclic amines) is 1. The summed E-state index contributed by atoms with van der Waals surface area (Å²) in [5.41, 5.74) is 0.794. The summed E-state index contributed by atoms with van der Waals surface area (Å²) < 4.78 is 5.13. The third-order valence-corrected chi connectivity index (χ3v) is 4.39. The molecule has 1 saturated heterocycles. The number of carbonyl (C=O) groups excluding carboxylic acids is 1. The second-order valence-corrected chi connectivity index (χ2v) is 5.82. The predicted octanol–water partition coefficient (Wildman–Crippen LogP) is 3.00. The SMILES string of the molecule is CCN1CC[C@@H](C(C)=NC(=O)c2c(O)ccc(Cl)c2OC)C1. The number of carbonyl (C=O) groups is 1. The summed E-state index contributed by atoms with van der Waals surface area (Å²) >= 11 is 6.00. The zero-order valence-electron chi connectivity index (χ0n) is 13.1. The first kappa shape index (κ1) is 16.8. The van der Waals surface area contributed by atoms with Crippen molar-refractivity contribution >= 4 is 23.2 Å². The van der Waals surface area contributed by atoms with Gasteiger partial charge in [0.2, 0.25) is 0 Å². The van der Waals surface area contributed by atoms with E-state index in [-0.39, 0.29) is 28.0 Å². The summed E-state index contributed by atoms with van der Waals surface area (Å²) in [5.74, 6) is -0.269. The Bertz CT molecular complexity index is 601. The van der Waals surface area contributed by atoms with Crippen molar-refractivity contribution in [1.29, 1.82) is 0 Å². The van der Waals surface area contributed by atoms with Gasteiger partial charge < -0.3 is 14.7 Å². The Morgan fingerprint density at radius 3 is 2.86 bits per heavy atom. The fourth-order valence-corrected chi connectivity index (χ4v) is 2.96. The zero-order valence-corrected chi connectivity index (χ0v) is 13.9. The molecule has 1 aromatic carbocycles. The monoisotopic (exact) mass is 324 g/mol. The summed E-state index contributed by atoms with van der Waals surface area (Å²) in [4.78, 5) is 18.9. The van der Waals surface area contributed by atoms with E-state index in [0.717, 1.165) is 31.8 Å². The molecular weight excluding hydrogens is 304 g/mol. The number of aliphatic imine (C=N–C) groups is 1. The van der Waals surface area contributed by atoms with Gasteiger partial charge in [-0.3, -0.25) is 4.79 Å². The molecule has 1 aliphatic heterocycles. The predicted molar refractivity (Wildman–Crippen MR) is 87.3 cm³/mol.